The van der Waals surface area contributed by atoms with Crippen molar-refractivity contribution < 1.29 is 4.79 Å². The van der Waals surface area contributed by atoms with E-state index in [-0.39, 0.29) is 11.5 Å². The summed E-state index contributed by atoms with van der Waals surface area (Å²) >= 11 is 0. The van der Waals surface area contributed by atoms with E-state index in [1.165, 1.54) is 6.07 Å². The standard InChI is InChI=1S/C14H22N4O2/c1-11(19)16-13-4-6-17(7-5-13)8-9-18-10-12(15)2-3-14(18)20/h2-3,10,13H,4-9,15H2,1H3,(H,16,19). The summed E-state index contributed by atoms with van der Waals surface area (Å²) in [6.45, 7) is 4.92. The van der Waals surface area contributed by atoms with Gasteiger partial charge in [-0.1, -0.05) is 0 Å². The minimum Gasteiger partial charge on any atom is -0.398 e. The zero-order chi connectivity index (χ0) is 14.5. The highest BCUT2D eigenvalue weighted by atomic mass is 16.1. The molecule has 0 aliphatic carbocycles. The van der Waals surface area contributed by atoms with Crippen LogP contribution < -0.4 is 16.6 Å². The van der Waals surface area contributed by atoms with E-state index in [1.807, 2.05) is 0 Å². The topological polar surface area (TPSA) is 80.4 Å². The van der Waals surface area contributed by atoms with E-state index < -0.39 is 0 Å². The van der Waals surface area contributed by atoms with Crippen molar-refractivity contribution in [3.8, 4) is 0 Å². The van der Waals surface area contributed by atoms with Crippen LogP contribution in [-0.4, -0.2) is 41.1 Å². The highest BCUT2D eigenvalue weighted by Crippen LogP contribution is 2.10. The Hall–Kier alpha value is -1.82. The number of nitrogen functional groups attached to an aromatic ring is 1. The predicted molar refractivity (Wildman–Crippen MR) is 78.4 cm³/mol. The quantitative estimate of drug-likeness (QED) is 0.814. The van der Waals surface area contributed by atoms with Gasteiger partial charge in [0.05, 0.1) is 0 Å². The number of pyridine rings is 1. The monoisotopic (exact) mass is 278 g/mol. The molecule has 6 nitrogen and oxygen atoms in total. The number of nitrogens with two attached hydrogens (primary N) is 1. The number of likely N-dealkylation sites (tertiary alicyclic amines) is 1. The maximum absolute atomic E-state index is 11.7. The molecule has 110 valence electrons. The number of nitrogens with zero attached hydrogens (tertiary/aromatic N) is 2. The number of hydrogen-bond acceptors (Lipinski definition) is 4. The van der Waals surface area contributed by atoms with Crippen molar-refractivity contribution in [2.24, 2.45) is 0 Å². The van der Waals surface area contributed by atoms with Crippen LogP contribution >= 0.6 is 0 Å². The second-order valence-electron chi connectivity index (χ2n) is 5.31. The molecule has 0 bridgehead atoms. The lowest BCUT2D eigenvalue weighted by molar-refractivity contribution is -0.119. The Kier molecular flexibility index (Phi) is 4.79. The molecule has 20 heavy (non-hydrogen) atoms. The Balaban J connectivity index is 1.80. The van der Waals surface area contributed by atoms with Gasteiger partial charge in [-0.05, 0) is 18.9 Å². The largest absolute Gasteiger partial charge is 0.398 e. The van der Waals surface area contributed by atoms with E-state index in [0.29, 0.717) is 18.3 Å². The van der Waals surface area contributed by atoms with Gasteiger partial charge >= 0.3 is 0 Å². The number of rotatable bonds is 4. The average Bonchev–Trinajstić information content (AvgIpc) is 2.41. The van der Waals surface area contributed by atoms with Gasteiger partial charge in [0.15, 0.2) is 0 Å². The Morgan fingerprint density at radius 1 is 1.35 bits per heavy atom. The van der Waals surface area contributed by atoms with E-state index in [0.717, 1.165) is 32.5 Å². The first-order valence-electron chi connectivity index (χ1n) is 7.00. The van der Waals surface area contributed by atoms with E-state index in [4.69, 9.17) is 5.73 Å². The SMILES string of the molecule is CC(=O)NC1CCN(CCn2cc(N)ccc2=O)CC1. The molecule has 0 unspecified atom stereocenters. The van der Waals surface area contributed by atoms with Crippen LogP contribution in [0.5, 0.6) is 0 Å². The summed E-state index contributed by atoms with van der Waals surface area (Å²) in [5.41, 5.74) is 6.27. The maximum atomic E-state index is 11.7. The summed E-state index contributed by atoms with van der Waals surface area (Å²) in [6.07, 6.45) is 3.61. The maximum Gasteiger partial charge on any atom is 0.250 e. The lowest BCUT2D eigenvalue weighted by atomic mass is 10.1. The van der Waals surface area contributed by atoms with Crippen LogP contribution in [-0.2, 0) is 11.3 Å². The zero-order valence-electron chi connectivity index (χ0n) is 11.8. The highest BCUT2D eigenvalue weighted by Gasteiger charge is 2.19. The molecule has 1 fully saturated rings. The first-order chi connectivity index (χ1) is 9.54. The van der Waals surface area contributed by atoms with Gasteiger partial charge < -0.3 is 20.5 Å². The van der Waals surface area contributed by atoms with Crippen molar-refractivity contribution in [2.45, 2.75) is 32.4 Å². The third-order valence-corrected chi connectivity index (χ3v) is 3.66. The summed E-state index contributed by atoms with van der Waals surface area (Å²) in [4.78, 5) is 25.0. The fourth-order valence-electron chi connectivity index (χ4n) is 2.56. The average molecular weight is 278 g/mol. The molecule has 0 radical (unpaired) electrons. The Morgan fingerprint density at radius 3 is 2.70 bits per heavy atom. The summed E-state index contributed by atoms with van der Waals surface area (Å²) in [7, 11) is 0. The van der Waals surface area contributed by atoms with E-state index in [1.54, 1.807) is 23.8 Å². The first kappa shape index (κ1) is 14.6. The second-order valence-corrected chi connectivity index (χ2v) is 5.31. The van der Waals surface area contributed by atoms with Crippen LogP contribution in [0.2, 0.25) is 0 Å². The van der Waals surface area contributed by atoms with Crippen LogP contribution in [0.3, 0.4) is 0 Å². The van der Waals surface area contributed by atoms with Crippen LogP contribution in [0.15, 0.2) is 23.1 Å². The van der Waals surface area contributed by atoms with Gasteiger partial charge in [-0.25, -0.2) is 0 Å². The van der Waals surface area contributed by atoms with Crippen LogP contribution in [0.4, 0.5) is 5.69 Å². The molecule has 1 aliphatic heterocycles. The number of hydrogen-bond donors (Lipinski definition) is 2. The number of aromatic nitrogens is 1. The van der Waals surface area contributed by atoms with E-state index >= 15 is 0 Å². The van der Waals surface area contributed by atoms with Crippen molar-refractivity contribution in [1.29, 1.82) is 0 Å². The van der Waals surface area contributed by atoms with E-state index in [9.17, 15) is 9.59 Å². The summed E-state index contributed by atoms with van der Waals surface area (Å²) in [6, 6.07) is 3.41. The number of piperidine rings is 1. The fourth-order valence-corrected chi connectivity index (χ4v) is 2.56. The van der Waals surface area contributed by atoms with Crippen molar-refractivity contribution >= 4 is 11.6 Å². The Labute approximate surface area is 118 Å². The molecule has 3 N–H and O–H groups in total. The van der Waals surface area contributed by atoms with Crippen LogP contribution in [0.1, 0.15) is 19.8 Å². The molecule has 1 saturated heterocycles. The normalized spacial score (nSPS) is 17.1. The number of nitrogens with one attached hydrogen (secondary N) is 1. The lowest BCUT2D eigenvalue weighted by Crippen LogP contribution is -2.45. The number of amides is 1. The van der Waals surface area contributed by atoms with Gasteiger partial charge in [-0.15, -0.1) is 0 Å². The highest BCUT2D eigenvalue weighted by molar-refractivity contribution is 5.73. The molecule has 6 heteroatoms. The van der Waals surface area contributed by atoms with Gasteiger partial charge in [0.2, 0.25) is 5.91 Å². The van der Waals surface area contributed by atoms with Crippen molar-refractivity contribution in [3.63, 3.8) is 0 Å². The van der Waals surface area contributed by atoms with Gasteiger partial charge in [-0.3, -0.25) is 9.59 Å². The third-order valence-electron chi connectivity index (χ3n) is 3.66. The van der Waals surface area contributed by atoms with Crippen LogP contribution in [0.25, 0.3) is 0 Å². The molecule has 0 saturated carbocycles. The minimum atomic E-state index is -0.0210. The summed E-state index contributed by atoms with van der Waals surface area (Å²) < 4.78 is 1.65. The van der Waals surface area contributed by atoms with Gasteiger partial charge in [0.1, 0.15) is 0 Å². The molecule has 1 aromatic rings. The van der Waals surface area contributed by atoms with Gasteiger partial charge in [-0.2, -0.15) is 0 Å². The predicted octanol–water partition coefficient (Wildman–Crippen LogP) is 0.0310. The zero-order valence-corrected chi connectivity index (χ0v) is 11.8. The molecule has 1 amide bonds. The second kappa shape index (κ2) is 6.56. The summed E-state index contributed by atoms with van der Waals surface area (Å²) in [5, 5.41) is 2.96. The smallest absolute Gasteiger partial charge is 0.250 e. The minimum absolute atomic E-state index is 0.0210. The third kappa shape index (κ3) is 4.09. The lowest BCUT2D eigenvalue weighted by Gasteiger charge is -2.32. The fraction of sp³-hybridized carbons (Fsp3) is 0.571. The number of anilines is 1. The van der Waals surface area contributed by atoms with Gasteiger partial charge in [0.25, 0.3) is 5.56 Å². The van der Waals surface area contributed by atoms with E-state index in [2.05, 4.69) is 10.2 Å². The van der Waals surface area contributed by atoms with Crippen molar-refractivity contribution in [3.05, 3.63) is 28.7 Å². The molecular weight excluding hydrogens is 256 g/mol. The molecule has 0 atom stereocenters. The first-order valence-corrected chi connectivity index (χ1v) is 7.00. The molecule has 1 aliphatic rings. The summed E-state index contributed by atoms with van der Waals surface area (Å²) in [5.74, 6) is 0.0368. The Morgan fingerprint density at radius 2 is 2.05 bits per heavy atom. The molecule has 0 aromatic carbocycles. The Bertz CT molecular complexity index is 518. The molecular formula is C14H22N4O2. The molecule has 2 rings (SSSR count). The van der Waals surface area contributed by atoms with Crippen molar-refractivity contribution in [2.75, 3.05) is 25.4 Å². The molecule has 2 heterocycles. The number of carbonyl (C=O) groups is 1. The molecule has 0 spiro atoms. The van der Waals surface area contributed by atoms with Gasteiger partial charge in [0, 0.05) is 57.1 Å². The number of carbonyl (C=O) groups excluding carboxylic acids is 1. The molecule has 1 aromatic heterocycles. The van der Waals surface area contributed by atoms with Crippen LogP contribution in [0, 0.1) is 0 Å². The van der Waals surface area contributed by atoms with Crippen molar-refractivity contribution in [1.82, 2.24) is 14.8 Å².